The standard InChI is InChI=1S/C28H33N3O4/c1-19-3-4-21(27(32)29-22-6-7-22)17-26(19)31-12-9-20-5-8-24(18-25(20)28(31)33)35-16-13-30(2)23-10-14-34-15-11-23/h3-5,8-9,12,17-18,22-23H,6-7,10-11,13-16H2,1-2H3,(H,29,32). The van der Waals surface area contributed by atoms with Gasteiger partial charge in [-0.05, 0) is 80.9 Å². The van der Waals surface area contributed by atoms with Gasteiger partial charge in [-0.2, -0.15) is 0 Å². The lowest BCUT2D eigenvalue weighted by Gasteiger charge is -2.31. The van der Waals surface area contributed by atoms with Crippen LogP contribution in [0.3, 0.4) is 0 Å². The molecule has 7 nitrogen and oxygen atoms in total. The SMILES string of the molecule is Cc1ccc(C(=O)NC2CC2)cc1-n1ccc2ccc(OCCN(C)C3CCOCC3)cc2c1=O. The van der Waals surface area contributed by atoms with Crippen LogP contribution in [0.2, 0.25) is 0 Å². The van der Waals surface area contributed by atoms with Crippen LogP contribution in [-0.2, 0) is 4.74 Å². The molecule has 3 aromatic rings. The smallest absolute Gasteiger partial charge is 0.263 e. The molecule has 1 aliphatic heterocycles. The summed E-state index contributed by atoms with van der Waals surface area (Å²) in [7, 11) is 2.12. The van der Waals surface area contributed by atoms with Gasteiger partial charge in [-0.15, -0.1) is 0 Å². The van der Waals surface area contributed by atoms with Crippen LogP contribution in [0, 0.1) is 6.92 Å². The van der Waals surface area contributed by atoms with Gasteiger partial charge >= 0.3 is 0 Å². The predicted octanol–water partition coefficient (Wildman–Crippen LogP) is 3.68. The Hall–Kier alpha value is -3.16. The molecule has 5 rings (SSSR count). The Morgan fingerprint density at radius 3 is 2.69 bits per heavy atom. The second kappa shape index (κ2) is 10.2. The third-order valence-electron chi connectivity index (χ3n) is 7.05. The topological polar surface area (TPSA) is 72.8 Å². The van der Waals surface area contributed by atoms with Crippen LogP contribution in [0.4, 0.5) is 0 Å². The van der Waals surface area contributed by atoms with E-state index in [0.717, 1.165) is 56.4 Å². The maximum Gasteiger partial charge on any atom is 0.263 e. The molecule has 2 fully saturated rings. The summed E-state index contributed by atoms with van der Waals surface area (Å²) in [4.78, 5) is 28.4. The third-order valence-corrected chi connectivity index (χ3v) is 7.05. The Bertz CT molecular complexity index is 1270. The number of likely N-dealkylation sites (N-methyl/N-ethyl adjacent to an activating group) is 1. The minimum atomic E-state index is -0.130. The molecule has 1 aliphatic carbocycles. The van der Waals surface area contributed by atoms with E-state index in [1.807, 2.05) is 43.3 Å². The summed E-state index contributed by atoms with van der Waals surface area (Å²) in [6.07, 6.45) is 5.94. The zero-order valence-electron chi connectivity index (χ0n) is 20.5. The van der Waals surface area contributed by atoms with E-state index >= 15 is 0 Å². The van der Waals surface area contributed by atoms with Gasteiger partial charge in [0.1, 0.15) is 12.4 Å². The maximum atomic E-state index is 13.5. The van der Waals surface area contributed by atoms with E-state index in [9.17, 15) is 9.59 Å². The molecule has 7 heteroatoms. The molecule has 2 aliphatic rings. The number of pyridine rings is 1. The van der Waals surface area contributed by atoms with Crippen LogP contribution in [0.1, 0.15) is 41.6 Å². The van der Waals surface area contributed by atoms with Gasteiger partial charge in [0.2, 0.25) is 0 Å². The molecule has 2 aromatic carbocycles. The van der Waals surface area contributed by atoms with Crippen molar-refractivity contribution in [1.29, 1.82) is 0 Å². The van der Waals surface area contributed by atoms with Crippen molar-refractivity contribution in [2.45, 2.75) is 44.7 Å². The van der Waals surface area contributed by atoms with Crippen LogP contribution in [-0.4, -0.2) is 60.9 Å². The Kier molecular flexibility index (Phi) is 6.88. The Labute approximate surface area is 205 Å². The van der Waals surface area contributed by atoms with Crippen molar-refractivity contribution in [3.05, 3.63) is 70.1 Å². The van der Waals surface area contributed by atoms with E-state index in [4.69, 9.17) is 9.47 Å². The summed E-state index contributed by atoms with van der Waals surface area (Å²) >= 11 is 0. The molecular weight excluding hydrogens is 442 g/mol. The molecule has 0 radical (unpaired) electrons. The van der Waals surface area contributed by atoms with Gasteiger partial charge in [0, 0.05) is 43.6 Å². The average Bonchev–Trinajstić information content (AvgIpc) is 3.69. The second-order valence-electron chi connectivity index (χ2n) is 9.66. The fourth-order valence-electron chi connectivity index (χ4n) is 4.62. The summed E-state index contributed by atoms with van der Waals surface area (Å²) in [6.45, 7) is 4.96. The lowest BCUT2D eigenvalue weighted by atomic mass is 10.1. The highest BCUT2D eigenvalue weighted by Crippen LogP contribution is 2.23. The molecule has 0 spiro atoms. The molecule has 1 amide bonds. The molecule has 2 heterocycles. The van der Waals surface area contributed by atoms with Crippen LogP contribution < -0.4 is 15.6 Å². The summed E-state index contributed by atoms with van der Waals surface area (Å²) in [5.74, 6) is 0.589. The number of fused-ring (bicyclic) bond motifs is 1. The van der Waals surface area contributed by atoms with Gasteiger partial charge in [0.15, 0.2) is 0 Å². The maximum absolute atomic E-state index is 13.5. The molecule has 1 N–H and O–H groups in total. The number of nitrogens with one attached hydrogen (secondary N) is 1. The Balaban J connectivity index is 1.34. The van der Waals surface area contributed by atoms with Gasteiger partial charge in [-0.25, -0.2) is 0 Å². The van der Waals surface area contributed by atoms with Gasteiger partial charge in [-0.1, -0.05) is 12.1 Å². The third kappa shape index (κ3) is 5.41. The molecule has 1 aromatic heterocycles. The summed E-state index contributed by atoms with van der Waals surface area (Å²) < 4.78 is 13.1. The number of ether oxygens (including phenoxy) is 2. The van der Waals surface area contributed by atoms with Crippen molar-refractivity contribution in [3.8, 4) is 11.4 Å². The highest BCUT2D eigenvalue weighted by atomic mass is 16.5. The zero-order chi connectivity index (χ0) is 24.4. The van der Waals surface area contributed by atoms with E-state index in [2.05, 4.69) is 17.3 Å². The number of carbonyl (C=O) groups is 1. The normalized spacial score (nSPS) is 16.5. The number of benzene rings is 2. The number of aromatic nitrogens is 1. The molecule has 35 heavy (non-hydrogen) atoms. The first-order chi connectivity index (χ1) is 17.0. The van der Waals surface area contributed by atoms with E-state index in [1.165, 1.54) is 0 Å². The quantitative estimate of drug-likeness (QED) is 0.538. The van der Waals surface area contributed by atoms with Crippen molar-refractivity contribution in [2.75, 3.05) is 33.4 Å². The van der Waals surface area contributed by atoms with Crippen molar-refractivity contribution >= 4 is 16.7 Å². The summed E-state index contributed by atoms with van der Waals surface area (Å²) in [5, 5.41) is 4.47. The van der Waals surface area contributed by atoms with Gasteiger partial charge in [-0.3, -0.25) is 19.1 Å². The minimum absolute atomic E-state index is 0.0935. The van der Waals surface area contributed by atoms with Gasteiger partial charge in [0.25, 0.3) is 11.5 Å². The minimum Gasteiger partial charge on any atom is -0.492 e. The van der Waals surface area contributed by atoms with Crippen molar-refractivity contribution < 1.29 is 14.3 Å². The van der Waals surface area contributed by atoms with Crippen LogP contribution in [0.5, 0.6) is 5.75 Å². The van der Waals surface area contributed by atoms with Crippen LogP contribution in [0.15, 0.2) is 53.5 Å². The highest BCUT2D eigenvalue weighted by Gasteiger charge is 2.24. The number of hydrogen-bond acceptors (Lipinski definition) is 5. The molecular formula is C28H33N3O4. The molecule has 0 unspecified atom stereocenters. The molecule has 184 valence electrons. The fourth-order valence-corrected chi connectivity index (χ4v) is 4.62. The van der Waals surface area contributed by atoms with Crippen molar-refractivity contribution in [3.63, 3.8) is 0 Å². The number of carbonyl (C=O) groups excluding carboxylic acids is 1. The lowest BCUT2D eigenvalue weighted by Crippen LogP contribution is -2.38. The number of hydrogen-bond donors (Lipinski definition) is 1. The molecule has 1 saturated carbocycles. The van der Waals surface area contributed by atoms with E-state index in [0.29, 0.717) is 35.0 Å². The first-order valence-corrected chi connectivity index (χ1v) is 12.5. The Morgan fingerprint density at radius 1 is 1.11 bits per heavy atom. The predicted molar refractivity (Wildman–Crippen MR) is 137 cm³/mol. The van der Waals surface area contributed by atoms with Gasteiger partial charge < -0.3 is 14.8 Å². The molecule has 0 bridgehead atoms. The summed E-state index contributed by atoms with van der Waals surface area (Å²) in [6, 6.07) is 13.9. The zero-order valence-corrected chi connectivity index (χ0v) is 20.5. The van der Waals surface area contributed by atoms with Gasteiger partial charge in [0.05, 0.1) is 11.1 Å². The number of rotatable bonds is 8. The van der Waals surface area contributed by atoms with Crippen LogP contribution in [0.25, 0.3) is 16.5 Å². The monoisotopic (exact) mass is 475 g/mol. The Morgan fingerprint density at radius 2 is 1.91 bits per heavy atom. The first-order valence-electron chi connectivity index (χ1n) is 12.5. The fraction of sp³-hybridized carbons (Fsp3) is 0.429. The van der Waals surface area contributed by atoms with Crippen LogP contribution >= 0.6 is 0 Å². The van der Waals surface area contributed by atoms with E-state index in [1.54, 1.807) is 16.8 Å². The number of amides is 1. The van der Waals surface area contributed by atoms with E-state index in [-0.39, 0.29) is 17.5 Å². The second-order valence-corrected chi connectivity index (χ2v) is 9.66. The average molecular weight is 476 g/mol. The van der Waals surface area contributed by atoms with E-state index < -0.39 is 0 Å². The summed E-state index contributed by atoms with van der Waals surface area (Å²) in [5.41, 5.74) is 2.08. The molecule has 1 saturated heterocycles. The lowest BCUT2D eigenvalue weighted by molar-refractivity contribution is 0.0392. The number of aryl methyl sites for hydroxylation is 1. The molecule has 0 atom stereocenters. The van der Waals surface area contributed by atoms with Crippen molar-refractivity contribution in [2.24, 2.45) is 0 Å². The largest absolute Gasteiger partial charge is 0.492 e. The highest BCUT2D eigenvalue weighted by molar-refractivity contribution is 5.95. The number of nitrogens with zero attached hydrogens (tertiary/aromatic N) is 2. The van der Waals surface area contributed by atoms with Crippen molar-refractivity contribution in [1.82, 2.24) is 14.8 Å². The first kappa shape index (κ1) is 23.6.